The Morgan fingerprint density at radius 1 is 1.09 bits per heavy atom. The Balaban J connectivity index is 1.39. The molecule has 4 rings (SSSR count). The summed E-state index contributed by atoms with van der Waals surface area (Å²) >= 11 is 1.39. The van der Waals surface area contributed by atoms with Gasteiger partial charge in [0, 0.05) is 30.5 Å². The first kappa shape index (κ1) is 22.5. The third-order valence-corrected chi connectivity index (χ3v) is 6.36. The molecule has 170 valence electrons. The SMILES string of the molecule is COc1nn(C)c2nc(C)c(CCC(=O)Nc3ccc(NC(=O)c4cccs4)cc3)c(C)c12. The fourth-order valence-electron chi connectivity index (χ4n) is 3.81. The molecule has 0 fully saturated rings. The fraction of sp³-hybridized carbons (Fsp3) is 0.250. The van der Waals surface area contributed by atoms with Crippen LogP contribution in [0.5, 0.6) is 5.88 Å². The second-order valence-corrected chi connectivity index (χ2v) is 8.64. The summed E-state index contributed by atoms with van der Waals surface area (Å²) in [7, 11) is 3.43. The second kappa shape index (κ2) is 9.41. The normalized spacial score (nSPS) is 10.9. The number of nitrogens with one attached hydrogen (secondary N) is 2. The van der Waals surface area contributed by atoms with E-state index in [9.17, 15) is 9.59 Å². The zero-order valence-corrected chi connectivity index (χ0v) is 19.7. The number of aryl methyl sites for hydroxylation is 3. The van der Waals surface area contributed by atoms with Gasteiger partial charge in [0.1, 0.15) is 0 Å². The largest absolute Gasteiger partial charge is 0.479 e. The molecule has 9 heteroatoms. The number of carbonyl (C=O) groups excluding carboxylic acids is 2. The summed E-state index contributed by atoms with van der Waals surface area (Å²) in [6.07, 6.45) is 0.869. The number of ether oxygens (including phenoxy) is 1. The Morgan fingerprint density at radius 2 is 1.79 bits per heavy atom. The molecule has 33 heavy (non-hydrogen) atoms. The van der Waals surface area contributed by atoms with Crippen LogP contribution in [-0.4, -0.2) is 33.7 Å². The van der Waals surface area contributed by atoms with Gasteiger partial charge < -0.3 is 15.4 Å². The van der Waals surface area contributed by atoms with Gasteiger partial charge in [-0.15, -0.1) is 16.4 Å². The third kappa shape index (κ3) is 4.73. The molecular weight excluding hydrogens is 438 g/mol. The molecule has 0 saturated carbocycles. The first-order valence-corrected chi connectivity index (χ1v) is 11.4. The van der Waals surface area contributed by atoms with Crippen molar-refractivity contribution in [3.05, 3.63) is 63.5 Å². The Kier molecular flexibility index (Phi) is 6.41. The van der Waals surface area contributed by atoms with Crippen molar-refractivity contribution < 1.29 is 14.3 Å². The smallest absolute Gasteiger partial charge is 0.265 e. The van der Waals surface area contributed by atoms with E-state index in [0.717, 1.165) is 27.9 Å². The van der Waals surface area contributed by atoms with Gasteiger partial charge in [0.2, 0.25) is 11.8 Å². The average Bonchev–Trinajstić information content (AvgIpc) is 3.43. The molecule has 8 nitrogen and oxygen atoms in total. The van der Waals surface area contributed by atoms with Crippen molar-refractivity contribution in [3.8, 4) is 5.88 Å². The molecular formula is C24H25N5O3S. The quantitative estimate of drug-likeness (QED) is 0.421. The molecule has 0 aliphatic rings. The molecule has 0 spiro atoms. The Morgan fingerprint density at radius 3 is 2.42 bits per heavy atom. The molecule has 2 N–H and O–H groups in total. The van der Waals surface area contributed by atoms with E-state index in [1.54, 1.807) is 42.1 Å². The van der Waals surface area contributed by atoms with Gasteiger partial charge >= 0.3 is 0 Å². The van der Waals surface area contributed by atoms with Crippen LogP contribution in [0.1, 0.15) is 32.9 Å². The van der Waals surface area contributed by atoms with E-state index in [1.165, 1.54) is 11.3 Å². The molecule has 0 bridgehead atoms. The van der Waals surface area contributed by atoms with Crippen molar-refractivity contribution in [3.63, 3.8) is 0 Å². The predicted octanol–water partition coefficient (Wildman–Crippen LogP) is 4.48. The molecule has 0 radical (unpaired) electrons. The van der Waals surface area contributed by atoms with Crippen molar-refractivity contribution in [1.29, 1.82) is 0 Å². The van der Waals surface area contributed by atoms with Crippen LogP contribution in [0.25, 0.3) is 11.0 Å². The van der Waals surface area contributed by atoms with Crippen molar-refractivity contribution in [2.75, 3.05) is 17.7 Å². The standard InChI is InChI=1S/C24H25N5O3S/c1-14-18(15(2)25-22-21(14)24(32-4)28-29(22)3)11-12-20(30)26-16-7-9-17(10-8-16)27-23(31)19-6-5-13-33-19/h5-10,13H,11-12H2,1-4H3,(H,26,30)(H,27,31). The molecule has 2 amide bonds. The van der Waals surface area contributed by atoms with Crippen LogP contribution in [0, 0.1) is 13.8 Å². The van der Waals surface area contributed by atoms with E-state index >= 15 is 0 Å². The lowest BCUT2D eigenvalue weighted by Gasteiger charge is -2.12. The zero-order valence-electron chi connectivity index (χ0n) is 18.9. The maximum absolute atomic E-state index is 12.6. The van der Waals surface area contributed by atoms with E-state index in [-0.39, 0.29) is 11.8 Å². The van der Waals surface area contributed by atoms with Crippen LogP contribution in [0.3, 0.4) is 0 Å². The summed E-state index contributed by atoms with van der Waals surface area (Å²) < 4.78 is 7.11. The Labute approximate surface area is 195 Å². The van der Waals surface area contributed by atoms with Crippen molar-refractivity contribution in [2.45, 2.75) is 26.7 Å². The summed E-state index contributed by atoms with van der Waals surface area (Å²) in [6.45, 7) is 3.96. The minimum atomic E-state index is -0.150. The number of hydrogen-bond acceptors (Lipinski definition) is 6. The van der Waals surface area contributed by atoms with E-state index in [4.69, 9.17) is 4.74 Å². The fourth-order valence-corrected chi connectivity index (χ4v) is 4.43. The minimum Gasteiger partial charge on any atom is -0.479 e. The number of anilines is 2. The van der Waals surface area contributed by atoms with E-state index in [0.29, 0.717) is 35.0 Å². The number of benzene rings is 1. The highest BCUT2D eigenvalue weighted by Gasteiger charge is 2.18. The lowest BCUT2D eigenvalue weighted by Crippen LogP contribution is -2.14. The average molecular weight is 464 g/mol. The molecule has 0 aliphatic heterocycles. The van der Waals surface area contributed by atoms with Crippen LogP contribution in [0.2, 0.25) is 0 Å². The maximum Gasteiger partial charge on any atom is 0.265 e. The van der Waals surface area contributed by atoms with E-state index in [2.05, 4.69) is 20.7 Å². The van der Waals surface area contributed by atoms with Crippen molar-refractivity contribution in [1.82, 2.24) is 14.8 Å². The molecule has 0 atom stereocenters. The molecule has 0 unspecified atom stereocenters. The summed E-state index contributed by atoms with van der Waals surface area (Å²) in [6, 6.07) is 10.7. The number of hydrogen-bond donors (Lipinski definition) is 2. The zero-order chi connectivity index (χ0) is 23.5. The van der Waals surface area contributed by atoms with Crippen molar-refractivity contribution >= 4 is 45.6 Å². The van der Waals surface area contributed by atoms with Crippen LogP contribution in [0.15, 0.2) is 41.8 Å². The number of amides is 2. The van der Waals surface area contributed by atoms with Crippen molar-refractivity contribution in [2.24, 2.45) is 7.05 Å². The maximum atomic E-state index is 12.6. The summed E-state index contributed by atoms with van der Waals surface area (Å²) in [4.78, 5) is 30.0. The Bertz CT molecular complexity index is 1310. The van der Waals surface area contributed by atoms with E-state index < -0.39 is 0 Å². The van der Waals surface area contributed by atoms with Crippen LogP contribution >= 0.6 is 11.3 Å². The topological polar surface area (TPSA) is 98.1 Å². The minimum absolute atomic E-state index is 0.0950. The van der Waals surface area contributed by atoms with Gasteiger partial charge in [-0.1, -0.05) is 6.07 Å². The van der Waals surface area contributed by atoms with Crippen LogP contribution in [0.4, 0.5) is 11.4 Å². The summed E-state index contributed by atoms with van der Waals surface area (Å²) in [5.41, 5.74) is 5.04. The highest BCUT2D eigenvalue weighted by molar-refractivity contribution is 7.12. The number of pyridine rings is 1. The van der Waals surface area contributed by atoms with Gasteiger partial charge in [-0.05, 0) is 67.1 Å². The van der Waals surface area contributed by atoms with Gasteiger partial charge in [0.25, 0.3) is 5.91 Å². The van der Waals surface area contributed by atoms with E-state index in [1.807, 2.05) is 32.3 Å². The highest BCUT2D eigenvalue weighted by Crippen LogP contribution is 2.30. The van der Waals surface area contributed by atoms with Gasteiger partial charge in [0.15, 0.2) is 5.65 Å². The first-order valence-electron chi connectivity index (χ1n) is 10.5. The van der Waals surface area contributed by atoms with Gasteiger partial charge in [0.05, 0.1) is 17.4 Å². The molecule has 1 aromatic carbocycles. The van der Waals surface area contributed by atoms with Crippen LogP contribution in [-0.2, 0) is 18.3 Å². The van der Waals surface area contributed by atoms with Gasteiger partial charge in [-0.25, -0.2) is 9.67 Å². The number of rotatable bonds is 7. The molecule has 3 heterocycles. The Hall–Kier alpha value is -3.72. The number of fused-ring (bicyclic) bond motifs is 1. The third-order valence-electron chi connectivity index (χ3n) is 5.49. The number of thiophene rings is 1. The molecule has 0 saturated heterocycles. The summed E-state index contributed by atoms with van der Waals surface area (Å²) in [5, 5.41) is 12.9. The number of methoxy groups -OCH3 is 1. The highest BCUT2D eigenvalue weighted by atomic mass is 32.1. The number of nitrogens with zero attached hydrogens (tertiary/aromatic N) is 3. The second-order valence-electron chi connectivity index (χ2n) is 7.69. The molecule has 0 aliphatic carbocycles. The lowest BCUT2D eigenvalue weighted by molar-refractivity contribution is -0.116. The van der Waals surface area contributed by atoms with Gasteiger partial charge in [-0.3, -0.25) is 9.59 Å². The predicted molar refractivity (Wildman–Crippen MR) is 130 cm³/mol. The number of carbonyl (C=O) groups is 2. The lowest BCUT2D eigenvalue weighted by atomic mass is 10.00. The molecule has 4 aromatic rings. The number of aromatic nitrogens is 3. The molecule has 3 aromatic heterocycles. The van der Waals surface area contributed by atoms with Crippen LogP contribution < -0.4 is 15.4 Å². The van der Waals surface area contributed by atoms with Gasteiger partial charge in [-0.2, -0.15) is 0 Å². The monoisotopic (exact) mass is 463 g/mol. The summed E-state index contributed by atoms with van der Waals surface area (Å²) in [5.74, 6) is 0.292. The first-order chi connectivity index (χ1) is 15.9.